The first kappa shape index (κ1) is 63.3. The van der Waals surface area contributed by atoms with Gasteiger partial charge in [0.15, 0.2) is 6.10 Å². The van der Waals surface area contributed by atoms with E-state index >= 15 is 0 Å². The van der Waals surface area contributed by atoms with Gasteiger partial charge in [0.05, 0.1) is 0 Å². The summed E-state index contributed by atoms with van der Waals surface area (Å²) >= 11 is 0. The van der Waals surface area contributed by atoms with Crippen LogP contribution in [0.15, 0.2) is 97.2 Å². The molecular weight excluding hydrogens is 829 g/mol. The van der Waals surface area contributed by atoms with Crippen LogP contribution in [-0.4, -0.2) is 37.2 Å². The van der Waals surface area contributed by atoms with Crippen LogP contribution in [0.4, 0.5) is 0 Å². The van der Waals surface area contributed by atoms with Crippen molar-refractivity contribution >= 4 is 17.9 Å². The standard InChI is InChI=1S/C61H102O6/c1-4-7-10-13-16-19-22-25-27-29-30-32-33-36-39-42-45-48-51-54-60(63)66-57-58(56-65-59(62)53-50-47-44-41-38-35-24-21-18-15-12-9-6-3)67-61(64)55-52-49-46-43-40-37-34-31-28-26-23-20-17-14-11-8-5-2/h16,19,21,24-28,30,32,34,36-37,39,43,46,58H,4-15,17-18,20,22-23,29,31,33,35,38,40-42,44-45,47-57H2,1-3H3/b19-16-,24-21-,27-25-,28-26-,32-30-,37-34-,39-36-,46-43-/t58-/m0/s1. The van der Waals surface area contributed by atoms with Crippen LogP contribution in [0.5, 0.6) is 0 Å². The summed E-state index contributed by atoms with van der Waals surface area (Å²) in [4.78, 5) is 38.0. The largest absolute Gasteiger partial charge is 0.462 e. The van der Waals surface area contributed by atoms with Gasteiger partial charge in [-0.2, -0.15) is 0 Å². The van der Waals surface area contributed by atoms with E-state index in [0.29, 0.717) is 19.3 Å². The SMILES string of the molecule is CCCCC/C=C\C/C=C\C/C=C\C/C=C\CCCCCC(=O)OC[C@H](COC(=O)CCCCCCC/C=C\CCCCCC)OC(=O)CCC/C=C\C/C=C\C/C=C\CCCCCCCC. The molecule has 0 amide bonds. The van der Waals surface area contributed by atoms with Crippen molar-refractivity contribution in [2.75, 3.05) is 13.2 Å². The molecule has 0 aromatic rings. The van der Waals surface area contributed by atoms with Gasteiger partial charge in [0, 0.05) is 19.3 Å². The quantitative estimate of drug-likeness (QED) is 0.0262. The summed E-state index contributed by atoms with van der Waals surface area (Å²) in [6, 6.07) is 0. The lowest BCUT2D eigenvalue weighted by Crippen LogP contribution is -2.30. The maximum absolute atomic E-state index is 12.8. The zero-order valence-corrected chi connectivity index (χ0v) is 43.6. The van der Waals surface area contributed by atoms with Crippen LogP contribution in [0.2, 0.25) is 0 Å². The molecule has 0 saturated heterocycles. The predicted molar refractivity (Wildman–Crippen MR) is 288 cm³/mol. The van der Waals surface area contributed by atoms with Gasteiger partial charge >= 0.3 is 17.9 Å². The van der Waals surface area contributed by atoms with Crippen LogP contribution in [0.3, 0.4) is 0 Å². The molecule has 0 spiro atoms. The van der Waals surface area contributed by atoms with Gasteiger partial charge in [-0.1, -0.05) is 208 Å². The van der Waals surface area contributed by atoms with E-state index in [-0.39, 0.29) is 37.5 Å². The number of hydrogen-bond donors (Lipinski definition) is 0. The number of carbonyl (C=O) groups is 3. The minimum Gasteiger partial charge on any atom is -0.462 e. The van der Waals surface area contributed by atoms with Crippen molar-refractivity contribution in [3.05, 3.63) is 97.2 Å². The zero-order chi connectivity index (χ0) is 48.6. The molecule has 382 valence electrons. The van der Waals surface area contributed by atoms with Crippen LogP contribution in [0.1, 0.15) is 252 Å². The Kier molecular flexibility index (Phi) is 51.9. The van der Waals surface area contributed by atoms with E-state index in [9.17, 15) is 14.4 Å². The van der Waals surface area contributed by atoms with Gasteiger partial charge in [-0.15, -0.1) is 0 Å². The number of esters is 3. The Morgan fingerprint density at radius 2 is 0.552 bits per heavy atom. The Balaban J connectivity index is 4.53. The second-order valence-electron chi connectivity index (χ2n) is 18.1. The summed E-state index contributed by atoms with van der Waals surface area (Å²) in [7, 11) is 0. The van der Waals surface area contributed by atoms with Crippen molar-refractivity contribution in [1.82, 2.24) is 0 Å². The Bertz CT molecular complexity index is 1350. The molecule has 0 aliphatic heterocycles. The molecule has 0 aliphatic rings. The number of rotatable bonds is 49. The highest BCUT2D eigenvalue weighted by Crippen LogP contribution is 2.12. The van der Waals surface area contributed by atoms with Crippen LogP contribution < -0.4 is 0 Å². The fourth-order valence-corrected chi connectivity index (χ4v) is 7.32. The molecule has 0 N–H and O–H groups in total. The minimum atomic E-state index is -0.821. The average Bonchev–Trinajstić information content (AvgIpc) is 3.33. The van der Waals surface area contributed by atoms with Crippen LogP contribution in [0.25, 0.3) is 0 Å². The van der Waals surface area contributed by atoms with Crippen molar-refractivity contribution < 1.29 is 28.6 Å². The molecule has 0 saturated carbocycles. The maximum Gasteiger partial charge on any atom is 0.306 e. The second kappa shape index (κ2) is 54.9. The monoisotopic (exact) mass is 931 g/mol. The summed E-state index contributed by atoms with van der Waals surface area (Å²) in [5, 5.41) is 0. The molecule has 6 nitrogen and oxygen atoms in total. The lowest BCUT2D eigenvalue weighted by molar-refractivity contribution is -0.167. The first-order valence-corrected chi connectivity index (χ1v) is 27.7. The molecule has 0 heterocycles. The Labute approximate surface area is 413 Å². The number of allylic oxidation sites excluding steroid dienone is 16. The van der Waals surface area contributed by atoms with Crippen LogP contribution in [-0.2, 0) is 28.6 Å². The van der Waals surface area contributed by atoms with Crippen molar-refractivity contribution in [2.45, 2.75) is 258 Å². The molecule has 67 heavy (non-hydrogen) atoms. The second-order valence-corrected chi connectivity index (χ2v) is 18.1. The molecular formula is C61H102O6. The zero-order valence-electron chi connectivity index (χ0n) is 43.6. The fraction of sp³-hybridized carbons (Fsp3) is 0.689. The van der Waals surface area contributed by atoms with Gasteiger partial charge in [0.2, 0.25) is 0 Å². The van der Waals surface area contributed by atoms with Gasteiger partial charge in [0.1, 0.15) is 13.2 Å². The van der Waals surface area contributed by atoms with Gasteiger partial charge < -0.3 is 14.2 Å². The summed E-state index contributed by atoms with van der Waals surface area (Å²) in [6.45, 7) is 6.51. The van der Waals surface area contributed by atoms with E-state index in [1.165, 1.54) is 109 Å². The highest BCUT2D eigenvalue weighted by Gasteiger charge is 2.19. The van der Waals surface area contributed by atoms with Gasteiger partial charge in [-0.05, 0) is 122 Å². The topological polar surface area (TPSA) is 78.9 Å². The molecule has 0 rings (SSSR count). The van der Waals surface area contributed by atoms with Crippen molar-refractivity contribution in [1.29, 1.82) is 0 Å². The number of carbonyl (C=O) groups excluding carboxylic acids is 3. The molecule has 6 heteroatoms. The molecule has 0 bridgehead atoms. The fourth-order valence-electron chi connectivity index (χ4n) is 7.32. The summed E-state index contributed by atoms with van der Waals surface area (Å²) in [5.74, 6) is -1.01. The number of ether oxygens (including phenoxy) is 3. The third kappa shape index (κ3) is 53.2. The van der Waals surface area contributed by atoms with E-state index in [4.69, 9.17) is 14.2 Å². The Morgan fingerprint density at radius 1 is 0.299 bits per heavy atom. The molecule has 0 aromatic heterocycles. The molecule has 0 radical (unpaired) electrons. The minimum absolute atomic E-state index is 0.113. The van der Waals surface area contributed by atoms with Crippen molar-refractivity contribution in [3.63, 3.8) is 0 Å². The molecule has 0 unspecified atom stereocenters. The molecule has 0 aliphatic carbocycles. The van der Waals surface area contributed by atoms with E-state index in [1.807, 2.05) is 0 Å². The third-order valence-electron chi connectivity index (χ3n) is 11.5. The molecule has 0 aromatic carbocycles. The van der Waals surface area contributed by atoms with Gasteiger partial charge in [-0.3, -0.25) is 14.4 Å². The van der Waals surface area contributed by atoms with E-state index < -0.39 is 6.10 Å². The summed E-state index contributed by atoms with van der Waals surface area (Å²) in [5.41, 5.74) is 0. The Morgan fingerprint density at radius 3 is 0.955 bits per heavy atom. The van der Waals surface area contributed by atoms with Gasteiger partial charge in [0.25, 0.3) is 0 Å². The Hall–Kier alpha value is -3.67. The third-order valence-corrected chi connectivity index (χ3v) is 11.5. The van der Waals surface area contributed by atoms with Gasteiger partial charge in [-0.25, -0.2) is 0 Å². The van der Waals surface area contributed by atoms with E-state index in [1.54, 1.807) is 0 Å². The van der Waals surface area contributed by atoms with Crippen LogP contribution >= 0.6 is 0 Å². The smallest absolute Gasteiger partial charge is 0.306 e. The van der Waals surface area contributed by atoms with Crippen molar-refractivity contribution in [2.24, 2.45) is 0 Å². The van der Waals surface area contributed by atoms with E-state index in [2.05, 4.69) is 118 Å². The predicted octanol–water partition coefficient (Wildman–Crippen LogP) is 18.5. The lowest BCUT2D eigenvalue weighted by Gasteiger charge is -2.18. The van der Waals surface area contributed by atoms with Crippen LogP contribution in [0, 0.1) is 0 Å². The van der Waals surface area contributed by atoms with E-state index in [0.717, 1.165) is 96.3 Å². The first-order chi connectivity index (χ1) is 33.0. The summed E-state index contributed by atoms with van der Waals surface area (Å²) in [6.07, 6.45) is 72.5. The highest BCUT2D eigenvalue weighted by molar-refractivity contribution is 5.71. The first-order valence-electron chi connectivity index (χ1n) is 27.7. The number of hydrogen-bond acceptors (Lipinski definition) is 6. The lowest BCUT2D eigenvalue weighted by atomic mass is 10.1. The normalized spacial score (nSPS) is 12.8. The maximum atomic E-state index is 12.8. The highest BCUT2D eigenvalue weighted by atomic mass is 16.6. The molecule has 0 fully saturated rings. The average molecular weight is 931 g/mol. The molecule has 1 atom stereocenters. The summed E-state index contributed by atoms with van der Waals surface area (Å²) < 4.78 is 16.8. The number of unbranched alkanes of at least 4 members (excludes halogenated alkanes) is 22. The van der Waals surface area contributed by atoms with Crippen molar-refractivity contribution in [3.8, 4) is 0 Å².